The maximum atomic E-state index is 12.5. The fourth-order valence-electron chi connectivity index (χ4n) is 2.55. The monoisotopic (exact) mass is 343 g/mol. The third-order valence-corrected chi connectivity index (χ3v) is 4.81. The van der Waals surface area contributed by atoms with Crippen LogP contribution in [0.2, 0.25) is 0 Å². The summed E-state index contributed by atoms with van der Waals surface area (Å²) in [6.07, 6.45) is 0. The van der Waals surface area contributed by atoms with Crippen molar-refractivity contribution in [3.8, 4) is 0 Å². The Balaban J connectivity index is 1.99. The molecular weight excluding hydrogens is 326 g/mol. The molecule has 0 aliphatic rings. The average Bonchev–Trinajstić information content (AvgIpc) is 3.14. The van der Waals surface area contributed by atoms with E-state index in [0.29, 0.717) is 22.8 Å². The molecule has 24 heavy (non-hydrogen) atoms. The molecular formula is C17H17N3O3S. The summed E-state index contributed by atoms with van der Waals surface area (Å²) in [5.74, 6) is -0.819. The molecule has 0 atom stereocenters. The normalized spacial score (nSPS) is 10.8. The predicted molar refractivity (Wildman–Crippen MR) is 93.8 cm³/mol. The first-order chi connectivity index (χ1) is 11.5. The van der Waals surface area contributed by atoms with E-state index in [1.165, 1.54) is 18.4 Å². The van der Waals surface area contributed by atoms with Crippen molar-refractivity contribution in [3.63, 3.8) is 0 Å². The van der Waals surface area contributed by atoms with Crippen molar-refractivity contribution < 1.29 is 14.3 Å². The molecule has 6 nitrogen and oxygen atoms in total. The molecule has 0 bridgehead atoms. The molecule has 0 aliphatic heterocycles. The maximum Gasteiger partial charge on any atom is 0.341 e. The number of anilines is 1. The molecule has 3 rings (SSSR count). The zero-order valence-electron chi connectivity index (χ0n) is 13.6. The van der Waals surface area contributed by atoms with Gasteiger partial charge in [0.1, 0.15) is 10.6 Å². The minimum atomic E-state index is -0.474. The van der Waals surface area contributed by atoms with E-state index in [4.69, 9.17) is 4.74 Å². The maximum absolute atomic E-state index is 12.5. The molecule has 7 heteroatoms. The highest BCUT2D eigenvalue weighted by molar-refractivity contribution is 7.23. The Kier molecular flexibility index (Phi) is 4.35. The van der Waals surface area contributed by atoms with E-state index in [2.05, 4.69) is 10.4 Å². The highest BCUT2D eigenvalue weighted by Gasteiger charge is 2.22. The van der Waals surface area contributed by atoms with Crippen LogP contribution in [0.3, 0.4) is 0 Å². The molecule has 1 aromatic carbocycles. The smallest absolute Gasteiger partial charge is 0.341 e. The highest BCUT2D eigenvalue weighted by Crippen LogP contribution is 2.36. The van der Waals surface area contributed by atoms with Gasteiger partial charge in [0.2, 0.25) is 0 Å². The summed E-state index contributed by atoms with van der Waals surface area (Å²) in [6.45, 7) is 4.55. The first kappa shape index (κ1) is 16.2. The summed E-state index contributed by atoms with van der Waals surface area (Å²) in [6, 6.07) is 9.20. The SMILES string of the molecule is CCn1nc(C(=O)Nc2sc3ccccc3c2C(=O)OC)cc1C. The number of benzene rings is 1. The van der Waals surface area contributed by atoms with Gasteiger partial charge in [-0.2, -0.15) is 5.10 Å². The van der Waals surface area contributed by atoms with Gasteiger partial charge in [0, 0.05) is 22.3 Å². The minimum Gasteiger partial charge on any atom is -0.465 e. The number of fused-ring (bicyclic) bond motifs is 1. The quantitative estimate of drug-likeness (QED) is 0.736. The zero-order valence-corrected chi connectivity index (χ0v) is 14.4. The molecule has 0 aliphatic carbocycles. The van der Waals surface area contributed by atoms with Crippen LogP contribution in [0.25, 0.3) is 10.1 Å². The molecule has 2 aromatic heterocycles. The minimum absolute atomic E-state index is 0.322. The Bertz CT molecular complexity index is 926. The Morgan fingerprint density at radius 2 is 2.08 bits per heavy atom. The summed E-state index contributed by atoms with van der Waals surface area (Å²) in [5.41, 5.74) is 1.60. The van der Waals surface area contributed by atoms with Crippen LogP contribution < -0.4 is 5.32 Å². The van der Waals surface area contributed by atoms with E-state index in [9.17, 15) is 9.59 Å². The van der Waals surface area contributed by atoms with Crippen LogP contribution in [0, 0.1) is 6.92 Å². The van der Waals surface area contributed by atoms with Crippen LogP contribution >= 0.6 is 11.3 Å². The number of rotatable bonds is 4. The van der Waals surface area contributed by atoms with Crippen LogP contribution in [-0.2, 0) is 11.3 Å². The summed E-state index contributed by atoms with van der Waals surface area (Å²) in [4.78, 5) is 24.6. The third-order valence-electron chi connectivity index (χ3n) is 3.73. The average molecular weight is 343 g/mol. The van der Waals surface area contributed by atoms with Gasteiger partial charge in [-0.1, -0.05) is 18.2 Å². The van der Waals surface area contributed by atoms with Crippen LogP contribution in [0.1, 0.15) is 33.5 Å². The Morgan fingerprint density at radius 3 is 2.75 bits per heavy atom. The molecule has 2 heterocycles. The van der Waals surface area contributed by atoms with Crippen molar-refractivity contribution in [2.24, 2.45) is 0 Å². The van der Waals surface area contributed by atoms with Crippen molar-refractivity contribution in [3.05, 3.63) is 47.3 Å². The number of nitrogens with zero attached hydrogens (tertiary/aromatic N) is 2. The van der Waals surface area contributed by atoms with Gasteiger partial charge in [-0.05, 0) is 26.0 Å². The molecule has 1 amide bonds. The molecule has 3 aromatic rings. The lowest BCUT2D eigenvalue weighted by molar-refractivity contribution is 0.0604. The Labute approximate surface area is 143 Å². The molecule has 0 unspecified atom stereocenters. The number of aromatic nitrogens is 2. The number of hydrogen-bond donors (Lipinski definition) is 1. The Morgan fingerprint density at radius 1 is 1.33 bits per heavy atom. The lowest BCUT2D eigenvalue weighted by atomic mass is 10.1. The first-order valence-electron chi connectivity index (χ1n) is 7.50. The van der Waals surface area contributed by atoms with Gasteiger partial charge in [0.05, 0.1) is 7.11 Å². The van der Waals surface area contributed by atoms with Gasteiger partial charge in [0.15, 0.2) is 5.69 Å². The zero-order chi connectivity index (χ0) is 17.3. The molecule has 0 spiro atoms. The van der Waals surface area contributed by atoms with Crippen molar-refractivity contribution in [1.29, 1.82) is 0 Å². The number of aryl methyl sites for hydroxylation is 2. The van der Waals surface area contributed by atoms with Crippen LogP contribution in [0.5, 0.6) is 0 Å². The second-order valence-electron chi connectivity index (χ2n) is 5.23. The van der Waals surface area contributed by atoms with Crippen molar-refractivity contribution >= 4 is 38.3 Å². The first-order valence-corrected chi connectivity index (χ1v) is 8.32. The summed E-state index contributed by atoms with van der Waals surface area (Å²) >= 11 is 1.34. The van der Waals surface area contributed by atoms with E-state index < -0.39 is 5.97 Å². The number of thiophene rings is 1. The second-order valence-corrected chi connectivity index (χ2v) is 6.29. The summed E-state index contributed by atoms with van der Waals surface area (Å²) < 4.78 is 7.53. The number of esters is 1. The molecule has 0 saturated carbocycles. The van der Waals surface area contributed by atoms with E-state index in [1.54, 1.807) is 10.7 Å². The van der Waals surface area contributed by atoms with Gasteiger partial charge >= 0.3 is 5.97 Å². The Hall–Kier alpha value is -2.67. The number of hydrogen-bond acceptors (Lipinski definition) is 5. The fourth-order valence-corrected chi connectivity index (χ4v) is 3.63. The summed E-state index contributed by atoms with van der Waals surface area (Å²) in [5, 5.41) is 8.30. The van der Waals surface area contributed by atoms with E-state index >= 15 is 0 Å². The van der Waals surface area contributed by atoms with Crippen LogP contribution in [0.15, 0.2) is 30.3 Å². The third kappa shape index (κ3) is 2.78. The van der Waals surface area contributed by atoms with E-state index in [1.807, 2.05) is 38.1 Å². The summed E-state index contributed by atoms with van der Waals surface area (Å²) in [7, 11) is 1.33. The molecule has 0 radical (unpaired) electrons. The number of ether oxygens (including phenoxy) is 1. The number of nitrogens with one attached hydrogen (secondary N) is 1. The molecule has 0 saturated heterocycles. The van der Waals surface area contributed by atoms with Crippen molar-refractivity contribution in [2.75, 3.05) is 12.4 Å². The second kappa shape index (κ2) is 6.45. The van der Waals surface area contributed by atoms with Gasteiger partial charge in [-0.25, -0.2) is 4.79 Å². The number of methoxy groups -OCH3 is 1. The molecule has 124 valence electrons. The van der Waals surface area contributed by atoms with Gasteiger partial charge < -0.3 is 10.1 Å². The van der Waals surface area contributed by atoms with Crippen LogP contribution in [0.4, 0.5) is 5.00 Å². The van der Waals surface area contributed by atoms with E-state index in [0.717, 1.165) is 15.8 Å². The number of amides is 1. The number of carbonyl (C=O) groups excluding carboxylic acids is 2. The van der Waals surface area contributed by atoms with E-state index in [-0.39, 0.29) is 5.91 Å². The lowest BCUT2D eigenvalue weighted by Gasteiger charge is -2.04. The van der Waals surface area contributed by atoms with Gasteiger partial charge in [-0.15, -0.1) is 11.3 Å². The molecule has 0 fully saturated rings. The number of carbonyl (C=O) groups is 2. The highest BCUT2D eigenvalue weighted by atomic mass is 32.1. The van der Waals surface area contributed by atoms with Crippen molar-refractivity contribution in [2.45, 2.75) is 20.4 Å². The standard InChI is InChI=1S/C17H17N3O3S/c1-4-20-10(2)9-12(19-20)15(21)18-16-14(17(22)23-3)11-7-5-6-8-13(11)24-16/h5-9H,4H2,1-3H3,(H,18,21). The fraction of sp³-hybridized carbons (Fsp3) is 0.235. The van der Waals surface area contributed by atoms with Gasteiger partial charge in [-0.3, -0.25) is 9.48 Å². The largest absolute Gasteiger partial charge is 0.465 e. The lowest BCUT2D eigenvalue weighted by Crippen LogP contribution is -2.15. The van der Waals surface area contributed by atoms with Crippen LogP contribution in [-0.4, -0.2) is 28.8 Å². The molecule has 1 N–H and O–H groups in total. The predicted octanol–water partition coefficient (Wildman–Crippen LogP) is 3.47. The topological polar surface area (TPSA) is 73.2 Å². The van der Waals surface area contributed by atoms with Gasteiger partial charge in [0.25, 0.3) is 5.91 Å². The van der Waals surface area contributed by atoms with Crippen molar-refractivity contribution in [1.82, 2.24) is 9.78 Å².